The Morgan fingerprint density at radius 1 is 1.50 bits per heavy atom. The first-order valence-electron chi connectivity index (χ1n) is 6.61. The SMILES string of the molecule is CCNC(C)c1nc2cc(Cl)ccc2n1C1CC1. The maximum atomic E-state index is 6.05. The Balaban J connectivity index is 2.14. The summed E-state index contributed by atoms with van der Waals surface area (Å²) in [7, 11) is 0. The van der Waals surface area contributed by atoms with E-state index in [4.69, 9.17) is 16.6 Å². The van der Waals surface area contributed by atoms with E-state index in [0.717, 1.165) is 22.9 Å². The zero-order valence-electron chi connectivity index (χ0n) is 10.8. The molecule has 1 fully saturated rings. The molecule has 0 bridgehead atoms. The third-order valence-corrected chi connectivity index (χ3v) is 3.72. The van der Waals surface area contributed by atoms with Gasteiger partial charge in [-0.15, -0.1) is 0 Å². The first kappa shape index (κ1) is 12.0. The summed E-state index contributed by atoms with van der Waals surface area (Å²) in [6, 6.07) is 6.91. The minimum absolute atomic E-state index is 0.279. The van der Waals surface area contributed by atoms with Gasteiger partial charge in [-0.1, -0.05) is 18.5 Å². The number of imidazole rings is 1. The van der Waals surface area contributed by atoms with Gasteiger partial charge in [-0.3, -0.25) is 0 Å². The number of hydrogen-bond acceptors (Lipinski definition) is 2. The van der Waals surface area contributed by atoms with Gasteiger partial charge in [0.15, 0.2) is 0 Å². The molecule has 0 spiro atoms. The third kappa shape index (κ3) is 2.02. The average molecular weight is 264 g/mol. The van der Waals surface area contributed by atoms with Gasteiger partial charge in [-0.05, 0) is 44.5 Å². The lowest BCUT2D eigenvalue weighted by Crippen LogP contribution is -2.21. The van der Waals surface area contributed by atoms with E-state index in [0.29, 0.717) is 6.04 Å². The highest BCUT2D eigenvalue weighted by Crippen LogP contribution is 2.40. The number of halogens is 1. The van der Waals surface area contributed by atoms with Crippen LogP contribution in [0.1, 0.15) is 44.6 Å². The summed E-state index contributed by atoms with van der Waals surface area (Å²) in [5.41, 5.74) is 2.22. The van der Waals surface area contributed by atoms with Crippen molar-refractivity contribution in [2.75, 3.05) is 6.54 Å². The summed E-state index contributed by atoms with van der Waals surface area (Å²) >= 11 is 6.05. The summed E-state index contributed by atoms with van der Waals surface area (Å²) in [4.78, 5) is 4.77. The average Bonchev–Trinajstić information content (AvgIpc) is 3.10. The van der Waals surface area contributed by atoms with Gasteiger partial charge in [0.25, 0.3) is 0 Å². The van der Waals surface area contributed by atoms with Crippen LogP contribution in [0.5, 0.6) is 0 Å². The number of nitrogens with zero attached hydrogens (tertiary/aromatic N) is 2. The van der Waals surface area contributed by atoms with Gasteiger partial charge in [0.05, 0.1) is 17.1 Å². The lowest BCUT2D eigenvalue weighted by molar-refractivity contribution is 0.534. The fourth-order valence-electron chi connectivity index (χ4n) is 2.51. The van der Waals surface area contributed by atoms with E-state index >= 15 is 0 Å². The molecular formula is C14H18ClN3. The van der Waals surface area contributed by atoms with Crippen molar-refractivity contribution >= 4 is 22.6 Å². The van der Waals surface area contributed by atoms with Gasteiger partial charge in [-0.25, -0.2) is 4.98 Å². The minimum Gasteiger partial charge on any atom is -0.324 e. The predicted molar refractivity (Wildman–Crippen MR) is 75.1 cm³/mol. The predicted octanol–water partition coefficient (Wildman–Crippen LogP) is 3.70. The van der Waals surface area contributed by atoms with Crippen molar-refractivity contribution in [1.82, 2.24) is 14.9 Å². The van der Waals surface area contributed by atoms with Crippen molar-refractivity contribution in [2.45, 2.75) is 38.8 Å². The van der Waals surface area contributed by atoms with Crippen molar-refractivity contribution in [1.29, 1.82) is 0 Å². The van der Waals surface area contributed by atoms with E-state index in [9.17, 15) is 0 Å². The molecule has 1 heterocycles. The Hall–Kier alpha value is -1.06. The van der Waals surface area contributed by atoms with Gasteiger partial charge < -0.3 is 9.88 Å². The highest BCUT2D eigenvalue weighted by molar-refractivity contribution is 6.31. The maximum Gasteiger partial charge on any atom is 0.127 e. The second-order valence-corrected chi connectivity index (χ2v) is 5.42. The van der Waals surface area contributed by atoms with Gasteiger partial charge in [0, 0.05) is 11.1 Å². The number of benzene rings is 1. The largest absolute Gasteiger partial charge is 0.324 e. The van der Waals surface area contributed by atoms with Crippen LogP contribution in [-0.2, 0) is 0 Å². The van der Waals surface area contributed by atoms with E-state index in [1.165, 1.54) is 18.4 Å². The molecule has 0 amide bonds. The van der Waals surface area contributed by atoms with Crippen LogP contribution in [0.4, 0.5) is 0 Å². The molecular weight excluding hydrogens is 246 g/mol. The normalized spacial score (nSPS) is 17.3. The first-order chi connectivity index (χ1) is 8.70. The Morgan fingerprint density at radius 3 is 2.94 bits per heavy atom. The van der Waals surface area contributed by atoms with Crippen molar-refractivity contribution in [3.05, 3.63) is 29.0 Å². The Kier molecular flexibility index (Phi) is 3.04. The van der Waals surface area contributed by atoms with Crippen LogP contribution >= 0.6 is 11.6 Å². The quantitative estimate of drug-likeness (QED) is 0.912. The van der Waals surface area contributed by atoms with Crippen LogP contribution in [0, 0.1) is 0 Å². The smallest absolute Gasteiger partial charge is 0.127 e. The van der Waals surface area contributed by atoms with Crippen LogP contribution in [0.2, 0.25) is 5.02 Å². The zero-order valence-corrected chi connectivity index (χ0v) is 11.5. The van der Waals surface area contributed by atoms with Gasteiger partial charge >= 0.3 is 0 Å². The molecule has 4 heteroatoms. The second-order valence-electron chi connectivity index (χ2n) is 4.98. The van der Waals surface area contributed by atoms with E-state index in [2.05, 4.69) is 29.8 Å². The van der Waals surface area contributed by atoms with Crippen molar-refractivity contribution < 1.29 is 0 Å². The molecule has 1 aliphatic carbocycles. The van der Waals surface area contributed by atoms with Crippen molar-refractivity contribution in [3.63, 3.8) is 0 Å². The summed E-state index contributed by atoms with van der Waals surface area (Å²) in [6.45, 7) is 5.25. The standard InChI is InChI=1S/C14H18ClN3/c1-3-16-9(2)14-17-12-8-10(15)4-7-13(12)18(14)11-5-6-11/h4,7-9,11,16H,3,5-6H2,1-2H3. The van der Waals surface area contributed by atoms with E-state index < -0.39 is 0 Å². The molecule has 1 N–H and O–H groups in total. The molecule has 1 unspecified atom stereocenters. The van der Waals surface area contributed by atoms with E-state index in [-0.39, 0.29) is 6.04 Å². The van der Waals surface area contributed by atoms with Crippen LogP contribution < -0.4 is 5.32 Å². The molecule has 0 aliphatic heterocycles. The third-order valence-electron chi connectivity index (χ3n) is 3.49. The number of hydrogen-bond donors (Lipinski definition) is 1. The molecule has 0 saturated heterocycles. The molecule has 1 aliphatic rings. The van der Waals surface area contributed by atoms with E-state index in [1.807, 2.05) is 12.1 Å². The summed E-state index contributed by atoms with van der Waals surface area (Å²) < 4.78 is 2.39. The fraction of sp³-hybridized carbons (Fsp3) is 0.500. The molecule has 2 aromatic rings. The monoisotopic (exact) mass is 263 g/mol. The Labute approximate surface area is 112 Å². The Bertz CT molecular complexity index is 572. The van der Waals surface area contributed by atoms with E-state index in [1.54, 1.807) is 0 Å². The Morgan fingerprint density at radius 2 is 2.28 bits per heavy atom. The summed E-state index contributed by atoms with van der Waals surface area (Å²) in [5.74, 6) is 1.14. The number of aromatic nitrogens is 2. The summed E-state index contributed by atoms with van der Waals surface area (Å²) in [6.07, 6.45) is 2.53. The van der Waals surface area contributed by atoms with Gasteiger partial charge in [-0.2, -0.15) is 0 Å². The highest BCUT2D eigenvalue weighted by Gasteiger charge is 2.29. The topological polar surface area (TPSA) is 29.9 Å². The zero-order chi connectivity index (χ0) is 12.7. The maximum absolute atomic E-state index is 6.05. The molecule has 1 atom stereocenters. The molecule has 3 nitrogen and oxygen atoms in total. The first-order valence-corrected chi connectivity index (χ1v) is 6.99. The number of nitrogens with one attached hydrogen (secondary N) is 1. The second kappa shape index (κ2) is 4.56. The lowest BCUT2D eigenvalue weighted by Gasteiger charge is -2.14. The fourth-order valence-corrected chi connectivity index (χ4v) is 2.68. The van der Waals surface area contributed by atoms with Crippen molar-refractivity contribution in [2.24, 2.45) is 0 Å². The molecule has 1 aromatic carbocycles. The molecule has 18 heavy (non-hydrogen) atoms. The summed E-state index contributed by atoms with van der Waals surface area (Å²) in [5, 5.41) is 4.20. The van der Waals surface area contributed by atoms with Crippen LogP contribution in [0.15, 0.2) is 18.2 Å². The van der Waals surface area contributed by atoms with Crippen LogP contribution in [0.25, 0.3) is 11.0 Å². The van der Waals surface area contributed by atoms with Crippen molar-refractivity contribution in [3.8, 4) is 0 Å². The minimum atomic E-state index is 0.279. The molecule has 0 radical (unpaired) electrons. The molecule has 1 saturated carbocycles. The van der Waals surface area contributed by atoms with Gasteiger partial charge in [0.2, 0.25) is 0 Å². The molecule has 1 aromatic heterocycles. The molecule has 96 valence electrons. The lowest BCUT2D eigenvalue weighted by atomic mass is 10.3. The van der Waals surface area contributed by atoms with Crippen LogP contribution in [-0.4, -0.2) is 16.1 Å². The number of fused-ring (bicyclic) bond motifs is 1. The molecule has 3 rings (SSSR count). The number of rotatable bonds is 4. The highest BCUT2D eigenvalue weighted by atomic mass is 35.5. The van der Waals surface area contributed by atoms with Gasteiger partial charge in [0.1, 0.15) is 5.82 Å². The van der Waals surface area contributed by atoms with Crippen LogP contribution in [0.3, 0.4) is 0 Å².